The van der Waals surface area contributed by atoms with E-state index in [0.29, 0.717) is 0 Å². The molecule has 1 fully saturated rings. The number of hydrogen-bond donors (Lipinski definition) is 0. The zero-order valence-electron chi connectivity index (χ0n) is 6.10. The number of nitrogens with zero attached hydrogens (tertiary/aromatic N) is 1. The number of halogens is 1. The fourth-order valence-electron chi connectivity index (χ4n) is 1.19. The lowest BCUT2D eigenvalue weighted by atomic mass is 10.00. The Morgan fingerprint density at radius 3 is 2.67 bits per heavy atom. The molecule has 9 heavy (non-hydrogen) atoms. The summed E-state index contributed by atoms with van der Waals surface area (Å²) in [7, 11) is 2.21. The van der Waals surface area contributed by atoms with Gasteiger partial charge in [0.1, 0.15) is 0 Å². The van der Waals surface area contributed by atoms with Gasteiger partial charge in [-0.15, -0.1) is 0 Å². The number of hydrogen-bond acceptors (Lipinski definition) is 1. The molecule has 0 spiro atoms. The Labute approximate surface area is 70.9 Å². The maximum atomic E-state index is 2.52. The first-order valence-electron chi connectivity index (χ1n) is 3.54. The van der Waals surface area contributed by atoms with Crippen LogP contribution in [0.25, 0.3) is 0 Å². The summed E-state index contributed by atoms with van der Waals surface area (Å²) in [6, 6.07) is 0. The van der Waals surface area contributed by atoms with E-state index in [4.69, 9.17) is 0 Å². The summed E-state index contributed by atoms with van der Waals surface area (Å²) in [5.41, 5.74) is 0. The van der Waals surface area contributed by atoms with Gasteiger partial charge in [-0.3, -0.25) is 4.90 Å². The molecule has 0 aromatic heterocycles. The molecule has 0 aliphatic carbocycles. The fraction of sp³-hybridized carbons (Fsp3) is 1.00. The molecule has 1 aliphatic heterocycles. The van der Waals surface area contributed by atoms with Crippen LogP contribution in [-0.2, 0) is 0 Å². The predicted octanol–water partition coefficient (Wildman–Crippen LogP) is 2.11. The standard InChI is InChI=1S/C7H14IN/c1-6-3-4-9(2)7(8)5-6/h6-7H,3-5H2,1-2H3. The monoisotopic (exact) mass is 239 g/mol. The molecule has 2 atom stereocenters. The predicted molar refractivity (Wildman–Crippen MR) is 48.8 cm³/mol. The van der Waals surface area contributed by atoms with Crippen molar-refractivity contribution in [3.05, 3.63) is 0 Å². The van der Waals surface area contributed by atoms with Gasteiger partial charge in [0.2, 0.25) is 0 Å². The number of likely N-dealkylation sites (tertiary alicyclic amines) is 1. The third kappa shape index (κ3) is 2.08. The summed E-state index contributed by atoms with van der Waals surface area (Å²) in [5.74, 6) is 0.947. The molecule has 1 saturated heterocycles. The fourth-order valence-corrected chi connectivity index (χ4v) is 2.34. The Morgan fingerprint density at radius 2 is 2.22 bits per heavy atom. The Kier molecular flexibility index (Phi) is 2.76. The molecule has 0 N–H and O–H groups in total. The van der Waals surface area contributed by atoms with Gasteiger partial charge in [-0.05, 0) is 32.4 Å². The highest BCUT2D eigenvalue weighted by Gasteiger charge is 2.19. The minimum absolute atomic E-state index is 0.784. The molecule has 54 valence electrons. The molecular formula is C7H14IN. The highest BCUT2D eigenvalue weighted by molar-refractivity contribution is 14.1. The van der Waals surface area contributed by atoms with Crippen LogP contribution in [0, 0.1) is 5.92 Å². The first-order valence-corrected chi connectivity index (χ1v) is 4.79. The van der Waals surface area contributed by atoms with Gasteiger partial charge in [-0.25, -0.2) is 0 Å². The van der Waals surface area contributed by atoms with Crippen LogP contribution in [0.5, 0.6) is 0 Å². The summed E-state index contributed by atoms with van der Waals surface area (Å²) in [6.45, 7) is 3.63. The first-order chi connectivity index (χ1) is 4.20. The lowest BCUT2D eigenvalue weighted by Gasteiger charge is -2.31. The van der Waals surface area contributed by atoms with E-state index in [0.717, 1.165) is 9.97 Å². The number of rotatable bonds is 0. The Balaban J connectivity index is 2.35. The molecular weight excluding hydrogens is 225 g/mol. The van der Waals surface area contributed by atoms with E-state index in [9.17, 15) is 0 Å². The number of piperidine rings is 1. The van der Waals surface area contributed by atoms with Crippen molar-refractivity contribution < 1.29 is 0 Å². The highest BCUT2D eigenvalue weighted by Crippen LogP contribution is 2.24. The molecule has 1 aliphatic rings. The van der Waals surface area contributed by atoms with E-state index in [-0.39, 0.29) is 0 Å². The van der Waals surface area contributed by atoms with Gasteiger partial charge in [0.15, 0.2) is 0 Å². The third-order valence-electron chi connectivity index (χ3n) is 2.05. The van der Waals surface area contributed by atoms with Crippen LogP contribution < -0.4 is 0 Å². The third-order valence-corrected chi connectivity index (χ3v) is 3.51. The summed E-state index contributed by atoms with van der Waals surface area (Å²) in [5, 5.41) is 0. The van der Waals surface area contributed by atoms with Crippen molar-refractivity contribution in [3.8, 4) is 0 Å². The minimum Gasteiger partial charge on any atom is -0.295 e. The van der Waals surface area contributed by atoms with Gasteiger partial charge >= 0.3 is 0 Å². The zero-order valence-corrected chi connectivity index (χ0v) is 8.26. The smallest absolute Gasteiger partial charge is 0.0618 e. The van der Waals surface area contributed by atoms with Crippen LogP contribution >= 0.6 is 22.6 Å². The maximum Gasteiger partial charge on any atom is 0.0618 e. The normalized spacial score (nSPS) is 39.0. The summed E-state index contributed by atoms with van der Waals surface area (Å²) in [4.78, 5) is 2.43. The lowest BCUT2D eigenvalue weighted by Crippen LogP contribution is -2.34. The molecule has 0 radical (unpaired) electrons. The molecule has 0 aromatic rings. The van der Waals surface area contributed by atoms with Crippen molar-refractivity contribution in [2.75, 3.05) is 13.6 Å². The summed E-state index contributed by atoms with van der Waals surface area (Å²) < 4.78 is 0.784. The van der Waals surface area contributed by atoms with Gasteiger partial charge in [-0.1, -0.05) is 29.5 Å². The van der Waals surface area contributed by atoms with Gasteiger partial charge in [0.25, 0.3) is 0 Å². The van der Waals surface area contributed by atoms with E-state index in [1.54, 1.807) is 0 Å². The molecule has 2 heteroatoms. The molecule has 0 amide bonds. The largest absolute Gasteiger partial charge is 0.295 e. The van der Waals surface area contributed by atoms with E-state index >= 15 is 0 Å². The number of alkyl halides is 1. The second-order valence-electron chi connectivity index (χ2n) is 3.04. The van der Waals surface area contributed by atoms with Gasteiger partial charge < -0.3 is 0 Å². The van der Waals surface area contributed by atoms with Crippen molar-refractivity contribution in [3.63, 3.8) is 0 Å². The topological polar surface area (TPSA) is 3.24 Å². The quantitative estimate of drug-likeness (QED) is 0.355. The van der Waals surface area contributed by atoms with Gasteiger partial charge in [0.05, 0.1) is 4.05 Å². The van der Waals surface area contributed by atoms with Gasteiger partial charge in [-0.2, -0.15) is 0 Å². The molecule has 0 bridgehead atoms. The van der Waals surface area contributed by atoms with E-state index in [2.05, 4.69) is 41.5 Å². The van der Waals surface area contributed by atoms with Crippen molar-refractivity contribution in [1.82, 2.24) is 4.90 Å². The van der Waals surface area contributed by atoms with Crippen molar-refractivity contribution in [1.29, 1.82) is 0 Å². The molecule has 0 saturated carbocycles. The average molecular weight is 239 g/mol. The average Bonchev–Trinajstić information content (AvgIpc) is 1.80. The minimum atomic E-state index is 0.784. The van der Waals surface area contributed by atoms with Crippen LogP contribution in [0.4, 0.5) is 0 Å². The lowest BCUT2D eigenvalue weighted by molar-refractivity contribution is 0.218. The molecule has 2 unspecified atom stereocenters. The van der Waals surface area contributed by atoms with Crippen LogP contribution in [0.1, 0.15) is 19.8 Å². The Morgan fingerprint density at radius 1 is 1.56 bits per heavy atom. The van der Waals surface area contributed by atoms with E-state index < -0.39 is 0 Å². The maximum absolute atomic E-state index is 2.52. The van der Waals surface area contributed by atoms with Crippen molar-refractivity contribution >= 4 is 22.6 Å². The Hall–Kier alpha value is 0.690. The molecule has 1 heterocycles. The Bertz CT molecular complexity index is 94.9. The van der Waals surface area contributed by atoms with Crippen molar-refractivity contribution in [2.24, 2.45) is 5.92 Å². The zero-order chi connectivity index (χ0) is 6.85. The highest BCUT2D eigenvalue weighted by atomic mass is 127. The van der Waals surface area contributed by atoms with Crippen LogP contribution in [0.2, 0.25) is 0 Å². The van der Waals surface area contributed by atoms with E-state index in [1.807, 2.05) is 0 Å². The summed E-state index contributed by atoms with van der Waals surface area (Å²) >= 11 is 2.52. The van der Waals surface area contributed by atoms with Crippen LogP contribution in [-0.4, -0.2) is 22.5 Å². The molecule has 1 rings (SSSR count). The molecule has 1 nitrogen and oxygen atoms in total. The SMILES string of the molecule is CC1CCN(C)C(I)C1. The van der Waals surface area contributed by atoms with Gasteiger partial charge in [0, 0.05) is 0 Å². The molecule has 0 aromatic carbocycles. The van der Waals surface area contributed by atoms with Crippen LogP contribution in [0.15, 0.2) is 0 Å². The summed E-state index contributed by atoms with van der Waals surface area (Å²) in [6.07, 6.45) is 2.76. The second kappa shape index (κ2) is 3.19. The second-order valence-corrected chi connectivity index (χ2v) is 4.48. The van der Waals surface area contributed by atoms with Crippen molar-refractivity contribution in [2.45, 2.75) is 23.8 Å². The first kappa shape index (κ1) is 7.79. The van der Waals surface area contributed by atoms with Crippen LogP contribution in [0.3, 0.4) is 0 Å². The van der Waals surface area contributed by atoms with E-state index in [1.165, 1.54) is 19.4 Å².